The molecular weight excluding hydrogens is 468 g/mol. The summed E-state index contributed by atoms with van der Waals surface area (Å²) in [6.07, 6.45) is 37.5. The maximum Gasteiger partial charge on any atom is 0.0319 e. The summed E-state index contributed by atoms with van der Waals surface area (Å²) in [6, 6.07) is 0. The summed E-state index contributed by atoms with van der Waals surface area (Å²) in [7, 11) is 6.00. The Hall–Kier alpha value is -0.240. The second kappa shape index (κ2) is 70.5. The van der Waals surface area contributed by atoms with E-state index in [0.29, 0.717) is 0 Å². The number of aliphatic hydroxyl groups excluding tert-OH is 6. The van der Waals surface area contributed by atoms with Gasteiger partial charge in [0.05, 0.1) is 0 Å². The third kappa shape index (κ3) is 66.5. The molecule has 0 radical (unpaired) electrons. The molecule has 0 amide bonds. The van der Waals surface area contributed by atoms with E-state index in [4.69, 9.17) is 30.6 Å². The van der Waals surface area contributed by atoms with Crippen LogP contribution in [-0.4, -0.2) is 73.3 Å². The van der Waals surface area contributed by atoms with Crippen molar-refractivity contribution in [2.75, 3.05) is 42.7 Å². The monoisotopic (exact) mass is 543 g/mol. The van der Waals surface area contributed by atoms with E-state index in [2.05, 4.69) is 0 Å². The SMILES string of the molecule is C1CCCCCCCCCCCCCCCCCCCCCCCC1.CO.CO.CO.CO.CO.CO. The fraction of sp³-hybridized carbons (Fsp3) is 1.00. The maximum atomic E-state index is 7.00. The molecule has 1 rings (SSSR count). The number of aliphatic hydroxyl groups is 6. The zero-order valence-electron chi connectivity index (χ0n) is 26.4. The van der Waals surface area contributed by atoms with Crippen LogP contribution >= 0.6 is 0 Å². The van der Waals surface area contributed by atoms with E-state index >= 15 is 0 Å². The molecule has 1 saturated carbocycles. The molecule has 37 heavy (non-hydrogen) atoms. The van der Waals surface area contributed by atoms with Crippen molar-refractivity contribution in [1.29, 1.82) is 0 Å². The van der Waals surface area contributed by atoms with E-state index in [1.807, 2.05) is 0 Å². The Kier molecular flexibility index (Phi) is 94.6. The minimum absolute atomic E-state index is 1.00. The first-order valence-electron chi connectivity index (χ1n) is 15.2. The highest BCUT2D eigenvalue weighted by atomic mass is 16.2. The predicted octanol–water partition coefficient (Wildman–Crippen LogP) is 7.40. The quantitative estimate of drug-likeness (QED) is 0.190. The van der Waals surface area contributed by atoms with E-state index in [-0.39, 0.29) is 0 Å². The van der Waals surface area contributed by atoms with Gasteiger partial charge in [-0.3, -0.25) is 0 Å². The molecule has 6 N–H and O–H groups in total. The van der Waals surface area contributed by atoms with Gasteiger partial charge in [-0.05, 0) is 0 Å². The third-order valence-electron chi connectivity index (χ3n) is 6.25. The Morgan fingerprint density at radius 2 is 0.162 bits per heavy atom. The molecule has 0 heterocycles. The van der Waals surface area contributed by atoms with Gasteiger partial charge in [-0.1, -0.05) is 161 Å². The van der Waals surface area contributed by atoms with Gasteiger partial charge >= 0.3 is 0 Å². The third-order valence-corrected chi connectivity index (χ3v) is 6.25. The zero-order valence-corrected chi connectivity index (χ0v) is 26.4. The molecule has 6 nitrogen and oxygen atoms in total. The highest BCUT2D eigenvalue weighted by molar-refractivity contribution is 4.53. The second-order valence-electron chi connectivity index (χ2n) is 8.84. The van der Waals surface area contributed by atoms with Gasteiger partial charge in [0.25, 0.3) is 0 Å². The van der Waals surface area contributed by atoms with Crippen molar-refractivity contribution >= 4 is 0 Å². The average Bonchev–Trinajstić information content (AvgIpc) is 3.00. The van der Waals surface area contributed by atoms with E-state index in [9.17, 15) is 0 Å². The first-order chi connectivity index (χ1) is 18.5. The van der Waals surface area contributed by atoms with Gasteiger partial charge < -0.3 is 30.6 Å². The van der Waals surface area contributed by atoms with Gasteiger partial charge in [-0.25, -0.2) is 0 Å². The van der Waals surface area contributed by atoms with Crippen molar-refractivity contribution in [2.45, 2.75) is 161 Å². The molecule has 0 aliphatic heterocycles. The Labute approximate surface area is 233 Å². The normalized spacial score (nSPS) is 17.2. The molecule has 0 saturated heterocycles. The Balaban J connectivity index is -0.000000175. The molecule has 0 spiro atoms. The van der Waals surface area contributed by atoms with Gasteiger partial charge in [0, 0.05) is 42.7 Å². The minimum Gasteiger partial charge on any atom is -0.400 e. The predicted molar refractivity (Wildman–Crippen MR) is 164 cm³/mol. The molecule has 0 atom stereocenters. The number of rotatable bonds is 0. The van der Waals surface area contributed by atoms with Crippen molar-refractivity contribution in [1.82, 2.24) is 0 Å². The second-order valence-corrected chi connectivity index (χ2v) is 8.84. The summed E-state index contributed by atoms with van der Waals surface area (Å²) in [5, 5.41) is 42.0. The Morgan fingerprint density at radius 1 is 0.135 bits per heavy atom. The van der Waals surface area contributed by atoms with Crippen molar-refractivity contribution in [2.24, 2.45) is 0 Å². The van der Waals surface area contributed by atoms with Gasteiger partial charge in [-0.2, -0.15) is 0 Å². The Morgan fingerprint density at radius 3 is 0.189 bits per heavy atom. The van der Waals surface area contributed by atoms with Crippen molar-refractivity contribution in [3.8, 4) is 0 Å². The molecule has 6 heteroatoms. The summed E-state index contributed by atoms with van der Waals surface area (Å²) in [5.74, 6) is 0. The topological polar surface area (TPSA) is 121 Å². The van der Waals surface area contributed by atoms with Crippen LogP contribution in [0.3, 0.4) is 0 Å². The lowest BCUT2D eigenvalue weighted by atomic mass is 10.0. The van der Waals surface area contributed by atoms with Crippen LogP contribution < -0.4 is 0 Å². The number of hydrogen-bond donors (Lipinski definition) is 6. The molecule has 1 aliphatic carbocycles. The minimum atomic E-state index is 1.00. The molecular formula is C31H74O6. The molecule has 0 bridgehead atoms. The summed E-state index contributed by atoms with van der Waals surface area (Å²) >= 11 is 0. The van der Waals surface area contributed by atoms with Crippen molar-refractivity contribution in [3.63, 3.8) is 0 Å². The Bertz CT molecular complexity index is 140. The summed E-state index contributed by atoms with van der Waals surface area (Å²) in [4.78, 5) is 0. The van der Waals surface area contributed by atoms with Crippen LogP contribution in [0.1, 0.15) is 161 Å². The molecule has 0 aromatic carbocycles. The standard InChI is InChI=1S/C25H50.6CH4O/c1-2-4-6-8-10-12-14-16-18-20-22-24-25-23-21-19-17-15-13-11-9-7-5-3-1;6*1-2/h1-25H2;6*2H,1H3. The zero-order chi connectivity index (χ0) is 29.7. The van der Waals surface area contributed by atoms with Crippen molar-refractivity contribution < 1.29 is 30.6 Å². The summed E-state index contributed by atoms with van der Waals surface area (Å²) in [6.45, 7) is 0. The van der Waals surface area contributed by atoms with E-state index < -0.39 is 0 Å². The van der Waals surface area contributed by atoms with E-state index in [1.54, 1.807) is 0 Å². The lowest BCUT2D eigenvalue weighted by Crippen LogP contribution is -1.84. The molecule has 234 valence electrons. The van der Waals surface area contributed by atoms with Crippen LogP contribution in [0.2, 0.25) is 0 Å². The van der Waals surface area contributed by atoms with Crippen LogP contribution in [-0.2, 0) is 0 Å². The van der Waals surface area contributed by atoms with Crippen LogP contribution in [0.15, 0.2) is 0 Å². The average molecular weight is 543 g/mol. The van der Waals surface area contributed by atoms with Gasteiger partial charge in [-0.15, -0.1) is 0 Å². The molecule has 0 unspecified atom stereocenters. The summed E-state index contributed by atoms with van der Waals surface area (Å²) < 4.78 is 0. The first-order valence-corrected chi connectivity index (χ1v) is 15.2. The van der Waals surface area contributed by atoms with Crippen LogP contribution in [0.25, 0.3) is 0 Å². The largest absolute Gasteiger partial charge is 0.400 e. The van der Waals surface area contributed by atoms with E-state index in [1.165, 1.54) is 161 Å². The molecule has 0 aromatic heterocycles. The van der Waals surface area contributed by atoms with Crippen molar-refractivity contribution in [3.05, 3.63) is 0 Å². The van der Waals surface area contributed by atoms with Crippen LogP contribution in [0.5, 0.6) is 0 Å². The molecule has 1 aliphatic rings. The maximum absolute atomic E-state index is 7.00. The molecule has 0 aromatic rings. The smallest absolute Gasteiger partial charge is 0.0319 e. The van der Waals surface area contributed by atoms with Gasteiger partial charge in [0.2, 0.25) is 0 Å². The van der Waals surface area contributed by atoms with Crippen LogP contribution in [0, 0.1) is 0 Å². The lowest BCUT2D eigenvalue weighted by Gasteiger charge is -2.04. The molecule has 1 fully saturated rings. The van der Waals surface area contributed by atoms with E-state index in [0.717, 1.165) is 42.7 Å². The van der Waals surface area contributed by atoms with Crippen LogP contribution in [0.4, 0.5) is 0 Å². The fourth-order valence-electron chi connectivity index (χ4n) is 4.42. The number of hydrogen-bond acceptors (Lipinski definition) is 6. The first kappa shape index (κ1) is 49.7. The van der Waals surface area contributed by atoms with Gasteiger partial charge in [0.1, 0.15) is 0 Å². The summed E-state index contributed by atoms with van der Waals surface area (Å²) in [5.41, 5.74) is 0. The fourth-order valence-corrected chi connectivity index (χ4v) is 4.42. The highest BCUT2D eigenvalue weighted by Crippen LogP contribution is 2.17. The lowest BCUT2D eigenvalue weighted by molar-refractivity contribution is 0.399. The highest BCUT2D eigenvalue weighted by Gasteiger charge is 1.97. The van der Waals surface area contributed by atoms with Gasteiger partial charge in [0.15, 0.2) is 0 Å².